The number of rotatable bonds is 6. The first-order valence-corrected chi connectivity index (χ1v) is 10.3. The maximum absolute atomic E-state index is 12.4. The summed E-state index contributed by atoms with van der Waals surface area (Å²) < 4.78 is 7.81. The van der Waals surface area contributed by atoms with Crippen LogP contribution in [-0.2, 0) is 11.3 Å². The molecule has 144 valence electrons. The zero-order chi connectivity index (χ0) is 19.7. The number of para-hydroxylation sites is 1. The largest absolute Gasteiger partial charge is 0.416 e. The molecule has 1 N–H and O–H groups in total. The number of anilines is 1. The van der Waals surface area contributed by atoms with Gasteiger partial charge in [0.05, 0.1) is 5.75 Å². The fourth-order valence-corrected chi connectivity index (χ4v) is 3.88. The summed E-state index contributed by atoms with van der Waals surface area (Å²) >= 11 is 1.24. The summed E-state index contributed by atoms with van der Waals surface area (Å²) in [5, 5.41) is 13.7. The van der Waals surface area contributed by atoms with Crippen molar-refractivity contribution in [2.24, 2.45) is 0 Å². The van der Waals surface area contributed by atoms with E-state index in [1.54, 1.807) is 0 Å². The molecule has 2 aromatic heterocycles. The lowest BCUT2D eigenvalue weighted by Gasteiger charge is -2.06. The molecule has 4 aromatic rings. The number of hydrogen-bond acceptors (Lipinski definition) is 5. The number of benzene rings is 2. The van der Waals surface area contributed by atoms with Crippen molar-refractivity contribution in [1.82, 2.24) is 14.8 Å². The average Bonchev–Trinajstić information content (AvgIpc) is 3.29. The van der Waals surface area contributed by atoms with Crippen LogP contribution in [0.2, 0.25) is 0 Å². The number of aryl methyl sites for hydroxylation is 1. The summed E-state index contributed by atoms with van der Waals surface area (Å²) in [5.74, 6) is 0.871. The fraction of sp³-hybridized carbons (Fsp3) is 0.286. The monoisotopic (exact) mass is 394 g/mol. The summed E-state index contributed by atoms with van der Waals surface area (Å²) in [4.78, 5) is 12.4. The quantitative estimate of drug-likeness (QED) is 0.463. The normalized spacial score (nSPS) is 11.6. The van der Waals surface area contributed by atoms with Gasteiger partial charge in [0.15, 0.2) is 0 Å². The molecule has 0 atom stereocenters. The highest BCUT2D eigenvalue weighted by Crippen LogP contribution is 2.31. The Morgan fingerprint density at radius 1 is 1.14 bits per heavy atom. The van der Waals surface area contributed by atoms with Crippen molar-refractivity contribution in [1.29, 1.82) is 0 Å². The van der Waals surface area contributed by atoms with E-state index in [0.29, 0.717) is 11.1 Å². The Morgan fingerprint density at radius 2 is 1.93 bits per heavy atom. The van der Waals surface area contributed by atoms with Crippen LogP contribution in [0.25, 0.3) is 21.8 Å². The van der Waals surface area contributed by atoms with Gasteiger partial charge in [0.25, 0.3) is 5.22 Å². The minimum atomic E-state index is -0.104. The van der Waals surface area contributed by atoms with Crippen LogP contribution in [0.5, 0.6) is 0 Å². The van der Waals surface area contributed by atoms with Crippen LogP contribution < -0.4 is 5.32 Å². The summed E-state index contributed by atoms with van der Waals surface area (Å²) in [6.45, 7) is 7.01. The van der Waals surface area contributed by atoms with E-state index in [2.05, 4.69) is 51.3 Å². The van der Waals surface area contributed by atoms with Crippen LogP contribution in [0.1, 0.15) is 32.6 Å². The van der Waals surface area contributed by atoms with Gasteiger partial charge in [0, 0.05) is 40.0 Å². The third-order valence-electron chi connectivity index (χ3n) is 4.62. The zero-order valence-corrected chi connectivity index (χ0v) is 16.9. The number of carbonyl (C=O) groups is 1. The van der Waals surface area contributed by atoms with Crippen molar-refractivity contribution < 1.29 is 9.21 Å². The highest BCUT2D eigenvalue weighted by atomic mass is 32.2. The maximum atomic E-state index is 12.4. The number of fused-ring (bicyclic) bond motifs is 3. The van der Waals surface area contributed by atoms with Crippen LogP contribution in [0.15, 0.2) is 52.1 Å². The summed E-state index contributed by atoms with van der Waals surface area (Å²) in [5.41, 5.74) is 3.16. The van der Waals surface area contributed by atoms with E-state index in [-0.39, 0.29) is 17.6 Å². The van der Waals surface area contributed by atoms with Crippen LogP contribution in [0.3, 0.4) is 0 Å². The van der Waals surface area contributed by atoms with Gasteiger partial charge in [-0.1, -0.05) is 43.8 Å². The van der Waals surface area contributed by atoms with E-state index in [0.717, 1.165) is 17.6 Å². The Balaban J connectivity index is 1.51. The SMILES string of the molecule is CCn1c2ccccc2c2cc(NC(=O)CSc3nnc(C(C)C)o3)ccc21. The second-order valence-electron chi connectivity index (χ2n) is 6.89. The van der Waals surface area contributed by atoms with E-state index >= 15 is 0 Å². The molecule has 0 aliphatic rings. The Bertz CT molecular complexity index is 1150. The summed E-state index contributed by atoms with van der Waals surface area (Å²) in [6, 6.07) is 14.4. The molecule has 28 heavy (non-hydrogen) atoms. The third-order valence-corrected chi connectivity index (χ3v) is 5.43. The number of nitrogens with zero attached hydrogens (tertiary/aromatic N) is 3. The molecule has 0 saturated carbocycles. The van der Waals surface area contributed by atoms with Crippen LogP contribution >= 0.6 is 11.8 Å². The van der Waals surface area contributed by atoms with Crippen LogP contribution in [0, 0.1) is 0 Å². The van der Waals surface area contributed by atoms with Gasteiger partial charge in [-0.15, -0.1) is 10.2 Å². The highest BCUT2D eigenvalue weighted by molar-refractivity contribution is 7.99. The number of amides is 1. The van der Waals surface area contributed by atoms with Gasteiger partial charge in [-0.05, 0) is 31.2 Å². The first-order chi connectivity index (χ1) is 13.6. The molecule has 2 heterocycles. The van der Waals surface area contributed by atoms with Crippen molar-refractivity contribution in [3.63, 3.8) is 0 Å². The molecule has 0 radical (unpaired) electrons. The molecule has 4 rings (SSSR count). The maximum Gasteiger partial charge on any atom is 0.277 e. The Labute approximate surface area is 167 Å². The lowest BCUT2D eigenvalue weighted by atomic mass is 10.1. The second kappa shape index (κ2) is 7.67. The van der Waals surface area contributed by atoms with E-state index < -0.39 is 0 Å². The van der Waals surface area contributed by atoms with E-state index in [1.807, 2.05) is 32.0 Å². The highest BCUT2D eigenvalue weighted by Gasteiger charge is 2.13. The number of carbonyl (C=O) groups excluding carboxylic acids is 1. The van der Waals surface area contributed by atoms with Crippen molar-refractivity contribution in [3.8, 4) is 0 Å². The lowest BCUT2D eigenvalue weighted by molar-refractivity contribution is -0.113. The lowest BCUT2D eigenvalue weighted by Crippen LogP contribution is -2.13. The van der Waals surface area contributed by atoms with Gasteiger partial charge in [-0.2, -0.15) is 0 Å². The van der Waals surface area contributed by atoms with Crippen molar-refractivity contribution in [2.75, 3.05) is 11.1 Å². The van der Waals surface area contributed by atoms with Gasteiger partial charge >= 0.3 is 0 Å². The summed E-state index contributed by atoms with van der Waals surface area (Å²) in [7, 11) is 0. The second-order valence-corrected chi connectivity index (χ2v) is 7.82. The smallest absolute Gasteiger partial charge is 0.277 e. The molecule has 2 aromatic carbocycles. The molecular weight excluding hydrogens is 372 g/mol. The third kappa shape index (κ3) is 3.49. The van der Waals surface area contributed by atoms with Crippen molar-refractivity contribution >= 4 is 45.2 Å². The molecule has 6 nitrogen and oxygen atoms in total. The predicted octanol–water partition coefficient (Wildman–Crippen LogP) is 5.05. The average molecular weight is 395 g/mol. The van der Waals surface area contributed by atoms with E-state index in [1.165, 1.54) is 28.2 Å². The first kappa shape index (κ1) is 18.6. The molecule has 7 heteroatoms. The standard InChI is InChI=1S/C21H22N4O2S/c1-4-25-17-8-6-5-7-15(17)16-11-14(9-10-18(16)25)22-19(26)12-28-21-24-23-20(27-21)13(2)3/h5-11,13H,4,12H2,1-3H3,(H,22,26). The molecule has 1 amide bonds. The van der Waals surface area contributed by atoms with Gasteiger partial charge < -0.3 is 14.3 Å². The number of thioether (sulfide) groups is 1. The van der Waals surface area contributed by atoms with Crippen LogP contribution in [0.4, 0.5) is 5.69 Å². The molecule has 0 unspecified atom stereocenters. The Kier molecular flexibility index (Phi) is 5.09. The van der Waals surface area contributed by atoms with Crippen molar-refractivity contribution in [3.05, 3.63) is 48.4 Å². The number of aromatic nitrogens is 3. The molecule has 0 fully saturated rings. The van der Waals surface area contributed by atoms with Gasteiger partial charge in [0.1, 0.15) is 0 Å². The van der Waals surface area contributed by atoms with E-state index in [9.17, 15) is 4.79 Å². The Morgan fingerprint density at radius 3 is 2.68 bits per heavy atom. The molecule has 0 spiro atoms. The summed E-state index contributed by atoms with van der Waals surface area (Å²) in [6.07, 6.45) is 0. The minimum absolute atomic E-state index is 0.104. The van der Waals surface area contributed by atoms with Gasteiger partial charge in [0.2, 0.25) is 11.8 Å². The first-order valence-electron chi connectivity index (χ1n) is 9.34. The minimum Gasteiger partial charge on any atom is -0.416 e. The van der Waals surface area contributed by atoms with Crippen molar-refractivity contribution in [2.45, 2.75) is 38.5 Å². The van der Waals surface area contributed by atoms with Gasteiger partial charge in [-0.25, -0.2) is 0 Å². The van der Waals surface area contributed by atoms with Crippen LogP contribution in [-0.4, -0.2) is 26.4 Å². The number of nitrogens with one attached hydrogen (secondary N) is 1. The molecule has 0 aliphatic carbocycles. The van der Waals surface area contributed by atoms with E-state index in [4.69, 9.17) is 4.42 Å². The topological polar surface area (TPSA) is 73.0 Å². The predicted molar refractivity (Wildman–Crippen MR) is 113 cm³/mol. The molecule has 0 bridgehead atoms. The fourth-order valence-electron chi connectivity index (χ4n) is 3.31. The zero-order valence-electron chi connectivity index (χ0n) is 16.1. The molecule has 0 saturated heterocycles. The Hall–Kier alpha value is -2.80. The number of hydrogen-bond donors (Lipinski definition) is 1. The van der Waals surface area contributed by atoms with Gasteiger partial charge in [-0.3, -0.25) is 4.79 Å². The molecule has 0 aliphatic heterocycles. The molecular formula is C21H22N4O2S.